The van der Waals surface area contributed by atoms with Crippen molar-refractivity contribution in [3.05, 3.63) is 29.3 Å². The molecule has 1 aromatic rings. The van der Waals surface area contributed by atoms with Crippen LogP contribution in [0.5, 0.6) is 5.75 Å². The average Bonchev–Trinajstić information content (AvgIpc) is 2.94. The van der Waals surface area contributed by atoms with Gasteiger partial charge in [0.05, 0.1) is 0 Å². The topological polar surface area (TPSA) is 71.5 Å². The number of nitrogens with one attached hydrogen (secondary N) is 1. The second kappa shape index (κ2) is 4.12. The van der Waals surface area contributed by atoms with Gasteiger partial charge in [0.1, 0.15) is 17.7 Å². The molecule has 0 saturated heterocycles. The molecule has 4 heteroatoms. The Kier molecular flexibility index (Phi) is 2.58. The van der Waals surface area contributed by atoms with Crippen LogP contribution in [0.2, 0.25) is 0 Å². The number of fused-ring (bicyclic) bond motifs is 3. The number of hydrogen-bond donors (Lipinski definition) is 2. The van der Waals surface area contributed by atoms with Crippen LogP contribution in [0.1, 0.15) is 51.2 Å². The Morgan fingerprint density at radius 2 is 2.05 bits per heavy atom. The molecule has 1 heterocycles. The molecule has 2 saturated carbocycles. The minimum absolute atomic E-state index is 0.234. The van der Waals surface area contributed by atoms with Crippen molar-refractivity contribution in [1.29, 1.82) is 5.41 Å². The molecule has 4 nitrogen and oxygen atoms in total. The summed E-state index contributed by atoms with van der Waals surface area (Å²) < 4.78 is 6.37. The SMILES string of the molecule is CC1(C)[C@@H]2CC[C@]1(C)[C@H](Oc1ccc3c(c1)C(=N)N=C3N)C2. The van der Waals surface area contributed by atoms with E-state index in [0.29, 0.717) is 11.3 Å². The third-order valence-electron chi connectivity index (χ3n) is 6.75. The fourth-order valence-electron chi connectivity index (χ4n) is 4.73. The maximum Gasteiger partial charge on any atom is 0.155 e. The standard InChI is InChI=1S/C18H23N3O/c1-17(2)10-6-7-18(17,3)14(8-10)22-11-4-5-12-13(9-11)16(20)21-15(12)19/h4-5,9-10,14H,6-8H2,1-3H3,(H3,19,20,21)/t10-,14-,18-/m1/s1. The van der Waals surface area contributed by atoms with Crippen molar-refractivity contribution in [3.8, 4) is 5.75 Å². The van der Waals surface area contributed by atoms with E-state index in [1.54, 1.807) is 0 Å². The lowest BCUT2D eigenvalue weighted by Gasteiger charge is -2.38. The van der Waals surface area contributed by atoms with Crippen LogP contribution in [-0.4, -0.2) is 17.8 Å². The van der Waals surface area contributed by atoms with Crippen LogP contribution in [-0.2, 0) is 0 Å². The number of ether oxygens (including phenoxy) is 1. The van der Waals surface area contributed by atoms with Gasteiger partial charge in [0.15, 0.2) is 5.84 Å². The predicted octanol–water partition coefficient (Wildman–Crippen LogP) is 3.32. The van der Waals surface area contributed by atoms with Gasteiger partial charge in [0.25, 0.3) is 0 Å². The Bertz CT molecular complexity index is 706. The number of aliphatic imine (C=N–C) groups is 1. The fourth-order valence-corrected chi connectivity index (χ4v) is 4.73. The highest BCUT2D eigenvalue weighted by molar-refractivity contribution is 6.20. The van der Waals surface area contributed by atoms with E-state index >= 15 is 0 Å². The highest BCUT2D eigenvalue weighted by Crippen LogP contribution is 2.66. The summed E-state index contributed by atoms with van der Waals surface area (Å²) in [5.41, 5.74) is 8.03. The van der Waals surface area contributed by atoms with Gasteiger partial charge in [-0.15, -0.1) is 0 Å². The van der Waals surface area contributed by atoms with Crippen LogP contribution in [0.3, 0.4) is 0 Å². The van der Waals surface area contributed by atoms with Gasteiger partial charge in [-0.2, -0.15) is 0 Å². The second-order valence-electron chi connectivity index (χ2n) is 7.77. The van der Waals surface area contributed by atoms with Crippen LogP contribution < -0.4 is 10.5 Å². The summed E-state index contributed by atoms with van der Waals surface area (Å²) in [7, 11) is 0. The van der Waals surface area contributed by atoms with E-state index in [9.17, 15) is 0 Å². The Balaban J connectivity index is 1.62. The van der Waals surface area contributed by atoms with Crippen molar-refractivity contribution < 1.29 is 4.74 Å². The van der Waals surface area contributed by atoms with E-state index in [4.69, 9.17) is 15.9 Å². The molecule has 0 unspecified atom stereocenters. The molecule has 0 aromatic heterocycles. The summed E-state index contributed by atoms with van der Waals surface area (Å²) in [6, 6.07) is 5.80. The molecular formula is C18H23N3O. The smallest absolute Gasteiger partial charge is 0.155 e. The molecule has 2 bridgehead atoms. The van der Waals surface area contributed by atoms with Gasteiger partial charge in [-0.3, -0.25) is 5.41 Å². The third-order valence-corrected chi connectivity index (χ3v) is 6.75. The lowest BCUT2D eigenvalue weighted by molar-refractivity contribution is 0.0302. The van der Waals surface area contributed by atoms with Gasteiger partial charge >= 0.3 is 0 Å². The van der Waals surface area contributed by atoms with E-state index in [-0.39, 0.29) is 17.4 Å². The molecule has 1 aromatic carbocycles. The fraction of sp³-hybridized carbons (Fsp3) is 0.556. The van der Waals surface area contributed by atoms with Crippen molar-refractivity contribution in [2.24, 2.45) is 27.5 Å². The van der Waals surface area contributed by atoms with Gasteiger partial charge in [0.2, 0.25) is 0 Å². The van der Waals surface area contributed by atoms with Crippen LogP contribution in [0.4, 0.5) is 0 Å². The van der Waals surface area contributed by atoms with Crippen molar-refractivity contribution in [1.82, 2.24) is 0 Å². The molecule has 22 heavy (non-hydrogen) atoms. The summed E-state index contributed by atoms with van der Waals surface area (Å²) in [5, 5.41) is 7.90. The normalized spacial score (nSPS) is 34.7. The number of amidine groups is 2. The molecule has 4 rings (SSSR count). The minimum atomic E-state index is 0.234. The summed E-state index contributed by atoms with van der Waals surface area (Å²) >= 11 is 0. The molecule has 3 N–H and O–H groups in total. The summed E-state index contributed by atoms with van der Waals surface area (Å²) in [5.74, 6) is 2.26. The highest BCUT2D eigenvalue weighted by Gasteiger charge is 2.62. The third kappa shape index (κ3) is 1.58. The Morgan fingerprint density at radius 3 is 2.68 bits per heavy atom. The predicted molar refractivity (Wildman–Crippen MR) is 87.6 cm³/mol. The molecule has 0 spiro atoms. The largest absolute Gasteiger partial charge is 0.490 e. The molecular weight excluding hydrogens is 274 g/mol. The maximum absolute atomic E-state index is 7.90. The van der Waals surface area contributed by atoms with Gasteiger partial charge < -0.3 is 10.5 Å². The number of rotatable bonds is 2. The highest BCUT2D eigenvalue weighted by atomic mass is 16.5. The summed E-state index contributed by atoms with van der Waals surface area (Å²) in [4.78, 5) is 4.03. The first-order valence-corrected chi connectivity index (χ1v) is 8.07. The number of hydrogen-bond acceptors (Lipinski definition) is 3. The lowest BCUT2D eigenvalue weighted by atomic mass is 9.70. The Labute approximate surface area is 131 Å². The van der Waals surface area contributed by atoms with Gasteiger partial charge in [-0.1, -0.05) is 20.8 Å². The average molecular weight is 297 g/mol. The molecule has 2 fully saturated rings. The van der Waals surface area contributed by atoms with Crippen molar-refractivity contribution in [3.63, 3.8) is 0 Å². The monoisotopic (exact) mass is 297 g/mol. The lowest BCUT2D eigenvalue weighted by Crippen LogP contribution is -2.38. The zero-order chi connectivity index (χ0) is 15.7. The quantitative estimate of drug-likeness (QED) is 0.879. The number of benzene rings is 1. The zero-order valence-corrected chi connectivity index (χ0v) is 13.4. The van der Waals surface area contributed by atoms with E-state index in [2.05, 4.69) is 25.8 Å². The van der Waals surface area contributed by atoms with Gasteiger partial charge in [-0.25, -0.2) is 4.99 Å². The molecule has 116 valence electrons. The first-order valence-electron chi connectivity index (χ1n) is 8.07. The summed E-state index contributed by atoms with van der Waals surface area (Å²) in [6.45, 7) is 7.16. The number of nitrogens with two attached hydrogens (primary N) is 1. The Hall–Kier alpha value is -1.84. The first-order chi connectivity index (χ1) is 10.3. The second-order valence-corrected chi connectivity index (χ2v) is 7.77. The van der Waals surface area contributed by atoms with Gasteiger partial charge in [-0.05, 0) is 48.8 Å². The zero-order valence-electron chi connectivity index (χ0n) is 13.4. The van der Waals surface area contributed by atoms with Crippen LogP contribution in [0.25, 0.3) is 0 Å². The Morgan fingerprint density at radius 1 is 1.27 bits per heavy atom. The van der Waals surface area contributed by atoms with Crippen LogP contribution in [0.15, 0.2) is 23.2 Å². The van der Waals surface area contributed by atoms with Gasteiger partial charge in [0, 0.05) is 16.5 Å². The van der Waals surface area contributed by atoms with E-state index < -0.39 is 0 Å². The molecule has 1 aliphatic heterocycles. The van der Waals surface area contributed by atoms with Crippen LogP contribution >= 0.6 is 0 Å². The molecule has 0 amide bonds. The first kappa shape index (κ1) is 13.8. The molecule has 0 radical (unpaired) electrons. The van der Waals surface area contributed by atoms with Crippen molar-refractivity contribution in [2.75, 3.05) is 0 Å². The summed E-state index contributed by atoms with van der Waals surface area (Å²) in [6.07, 6.45) is 3.96. The van der Waals surface area contributed by atoms with Crippen LogP contribution in [0, 0.1) is 22.2 Å². The molecule has 3 atom stereocenters. The molecule has 2 aliphatic carbocycles. The van der Waals surface area contributed by atoms with Crippen molar-refractivity contribution >= 4 is 11.7 Å². The molecule has 3 aliphatic rings. The maximum atomic E-state index is 7.90. The van der Waals surface area contributed by atoms with E-state index in [0.717, 1.165) is 29.2 Å². The van der Waals surface area contributed by atoms with E-state index in [1.165, 1.54) is 12.8 Å². The van der Waals surface area contributed by atoms with E-state index in [1.807, 2.05) is 18.2 Å². The number of nitrogens with zero attached hydrogens (tertiary/aromatic N) is 1. The minimum Gasteiger partial charge on any atom is -0.490 e. The van der Waals surface area contributed by atoms with Crippen molar-refractivity contribution in [2.45, 2.75) is 46.1 Å².